The molecule has 0 aliphatic carbocycles. The largest absolute Gasteiger partial charge is 0.369 e. The number of nitrogens with two attached hydrogens (primary N) is 2. The zero-order valence-corrected chi connectivity index (χ0v) is 9.92. The van der Waals surface area contributed by atoms with E-state index in [9.17, 15) is 4.79 Å². The van der Waals surface area contributed by atoms with Crippen LogP contribution >= 0.6 is 0 Å². The van der Waals surface area contributed by atoms with Crippen LogP contribution in [0.15, 0.2) is 24.3 Å². The van der Waals surface area contributed by atoms with Crippen molar-refractivity contribution in [1.29, 1.82) is 0 Å². The van der Waals surface area contributed by atoms with Crippen molar-refractivity contribution in [2.45, 2.75) is 19.9 Å². The third kappa shape index (κ3) is 1.84. The number of anilines is 1. The number of para-hydroxylation sites is 2. The molecule has 90 valence electrons. The third-order valence-corrected chi connectivity index (χ3v) is 2.82. The lowest BCUT2D eigenvalue weighted by Gasteiger charge is -2.20. The van der Waals surface area contributed by atoms with Gasteiger partial charge in [0.2, 0.25) is 11.9 Å². The number of nitrogens with zero attached hydrogens (tertiary/aromatic N) is 2. The molecule has 2 aromatic rings. The van der Waals surface area contributed by atoms with Crippen LogP contribution < -0.4 is 11.5 Å². The van der Waals surface area contributed by atoms with Gasteiger partial charge in [-0.1, -0.05) is 26.0 Å². The van der Waals surface area contributed by atoms with Crippen molar-refractivity contribution >= 4 is 22.9 Å². The zero-order chi connectivity index (χ0) is 12.6. The lowest BCUT2D eigenvalue weighted by atomic mass is 10.0. The fourth-order valence-electron chi connectivity index (χ4n) is 2.11. The van der Waals surface area contributed by atoms with Crippen molar-refractivity contribution in [2.24, 2.45) is 11.7 Å². The van der Waals surface area contributed by atoms with Gasteiger partial charge in [-0.2, -0.15) is 0 Å². The summed E-state index contributed by atoms with van der Waals surface area (Å²) in [7, 11) is 0. The molecule has 1 amide bonds. The number of benzene rings is 1. The van der Waals surface area contributed by atoms with E-state index in [0.717, 1.165) is 11.0 Å². The van der Waals surface area contributed by atoms with Gasteiger partial charge in [0.15, 0.2) is 0 Å². The Kier molecular flexibility index (Phi) is 2.75. The molecule has 2 rings (SSSR count). The molecule has 0 saturated heterocycles. The maximum absolute atomic E-state index is 11.6. The summed E-state index contributed by atoms with van der Waals surface area (Å²) in [5.74, 6) is -0.00837. The van der Waals surface area contributed by atoms with Crippen molar-refractivity contribution in [1.82, 2.24) is 9.55 Å². The summed E-state index contributed by atoms with van der Waals surface area (Å²) in [5.41, 5.74) is 12.9. The maximum atomic E-state index is 11.6. The van der Waals surface area contributed by atoms with Crippen molar-refractivity contribution < 1.29 is 4.79 Å². The number of rotatable bonds is 3. The molecule has 1 aromatic carbocycles. The number of carbonyl (C=O) groups is 1. The first kappa shape index (κ1) is 11.4. The van der Waals surface area contributed by atoms with Crippen LogP contribution in [0.3, 0.4) is 0 Å². The molecule has 5 nitrogen and oxygen atoms in total. The van der Waals surface area contributed by atoms with Gasteiger partial charge in [0.1, 0.15) is 6.04 Å². The van der Waals surface area contributed by atoms with Gasteiger partial charge in [-0.15, -0.1) is 0 Å². The van der Waals surface area contributed by atoms with Gasteiger partial charge in [-0.05, 0) is 18.1 Å². The molecule has 0 aliphatic heterocycles. The summed E-state index contributed by atoms with van der Waals surface area (Å²) in [4.78, 5) is 15.8. The Morgan fingerprint density at radius 2 is 2.00 bits per heavy atom. The Bertz CT molecular complexity index is 559. The molecule has 17 heavy (non-hydrogen) atoms. The Morgan fingerprint density at radius 3 is 2.59 bits per heavy atom. The standard InChI is InChI=1S/C12H16N4O/c1-7(2)10(11(13)17)16-9-6-4-3-5-8(9)15-12(16)14/h3-7,10H,1-2H3,(H2,13,17)(H2,14,15). The number of fused-ring (bicyclic) bond motifs is 1. The van der Waals surface area contributed by atoms with E-state index in [1.165, 1.54) is 0 Å². The monoisotopic (exact) mass is 232 g/mol. The molecule has 1 heterocycles. The van der Waals surface area contributed by atoms with E-state index >= 15 is 0 Å². The third-order valence-electron chi connectivity index (χ3n) is 2.82. The van der Waals surface area contributed by atoms with Crippen LogP contribution in [0.1, 0.15) is 19.9 Å². The first-order valence-electron chi connectivity index (χ1n) is 5.54. The highest BCUT2D eigenvalue weighted by Gasteiger charge is 2.25. The van der Waals surface area contributed by atoms with Crippen molar-refractivity contribution in [3.63, 3.8) is 0 Å². The van der Waals surface area contributed by atoms with Crippen molar-refractivity contribution in [3.8, 4) is 0 Å². The van der Waals surface area contributed by atoms with E-state index in [1.54, 1.807) is 4.57 Å². The number of primary amides is 1. The van der Waals surface area contributed by atoms with Crippen LogP contribution in [0.4, 0.5) is 5.95 Å². The first-order valence-corrected chi connectivity index (χ1v) is 5.54. The molecule has 0 bridgehead atoms. The lowest BCUT2D eigenvalue weighted by molar-refractivity contribution is -0.122. The van der Waals surface area contributed by atoms with E-state index in [1.807, 2.05) is 38.1 Å². The topological polar surface area (TPSA) is 86.9 Å². The predicted octanol–water partition coefficient (Wildman–Crippen LogP) is 1.30. The number of nitrogen functional groups attached to an aromatic ring is 1. The Balaban J connectivity index is 2.68. The second-order valence-electron chi connectivity index (χ2n) is 4.42. The minimum Gasteiger partial charge on any atom is -0.369 e. The van der Waals surface area contributed by atoms with E-state index in [-0.39, 0.29) is 5.92 Å². The molecule has 0 radical (unpaired) electrons. The zero-order valence-electron chi connectivity index (χ0n) is 9.92. The van der Waals surface area contributed by atoms with E-state index < -0.39 is 11.9 Å². The second-order valence-corrected chi connectivity index (χ2v) is 4.42. The smallest absolute Gasteiger partial charge is 0.240 e. The number of carbonyl (C=O) groups excluding carboxylic acids is 1. The molecule has 0 aliphatic rings. The highest BCUT2D eigenvalue weighted by Crippen LogP contribution is 2.27. The van der Waals surface area contributed by atoms with Gasteiger partial charge in [0.25, 0.3) is 0 Å². The Hall–Kier alpha value is -2.04. The highest BCUT2D eigenvalue weighted by atomic mass is 16.1. The summed E-state index contributed by atoms with van der Waals surface area (Å²) in [5, 5.41) is 0. The summed E-state index contributed by atoms with van der Waals surface area (Å²) in [6.07, 6.45) is 0. The Morgan fingerprint density at radius 1 is 1.35 bits per heavy atom. The SMILES string of the molecule is CC(C)C(C(N)=O)n1c(N)nc2ccccc21. The molecule has 0 saturated carbocycles. The van der Waals surface area contributed by atoms with E-state index in [0.29, 0.717) is 5.95 Å². The number of hydrogen-bond donors (Lipinski definition) is 2. The summed E-state index contributed by atoms with van der Waals surface area (Å²) in [6.45, 7) is 3.87. The lowest BCUT2D eigenvalue weighted by Crippen LogP contribution is -2.31. The molecule has 1 atom stereocenters. The molecular formula is C12H16N4O. The first-order chi connectivity index (χ1) is 8.02. The van der Waals surface area contributed by atoms with E-state index in [4.69, 9.17) is 11.5 Å². The predicted molar refractivity (Wildman–Crippen MR) is 67.2 cm³/mol. The summed E-state index contributed by atoms with van der Waals surface area (Å²) in [6, 6.07) is 7.05. The molecule has 1 aromatic heterocycles. The van der Waals surface area contributed by atoms with Crippen LogP contribution in [0.25, 0.3) is 11.0 Å². The van der Waals surface area contributed by atoms with Gasteiger partial charge >= 0.3 is 0 Å². The van der Waals surface area contributed by atoms with Crippen molar-refractivity contribution in [3.05, 3.63) is 24.3 Å². The number of aromatic nitrogens is 2. The number of hydrogen-bond acceptors (Lipinski definition) is 3. The fraction of sp³-hybridized carbons (Fsp3) is 0.333. The summed E-state index contributed by atoms with van der Waals surface area (Å²) >= 11 is 0. The Labute approximate surface area is 99.4 Å². The van der Waals surface area contributed by atoms with Crippen molar-refractivity contribution in [2.75, 3.05) is 5.73 Å². The summed E-state index contributed by atoms with van der Waals surface area (Å²) < 4.78 is 1.71. The quantitative estimate of drug-likeness (QED) is 0.836. The second kappa shape index (κ2) is 4.08. The van der Waals surface area contributed by atoms with Crippen LogP contribution in [-0.4, -0.2) is 15.5 Å². The van der Waals surface area contributed by atoms with Gasteiger partial charge < -0.3 is 11.5 Å². The van der Waals surface area contributed by atoms with Crippen LogP contribution in [0, 0.1) is 5.92 Å². The number of amides is 1. The fourth-order valence-corrected chi connectivity index (χ4v) is 2.11. The van der Waals surface area contributed by atoms with Crippen LogP contribution in [0.5, 0.6) is 0 Å². The molecule has 0 spiro atoms. The molecule has 4 N–H and O–H groups in total. The minimum atomic E-state index is -0.470. The molecule has 0 fully saturated rings. The molecule has 1 unspecified atom stereocenters. The average Bonchev–Trinajstić information content (AvgIpc) is 2.55. The van der Waals surface area contributed by atoms with Gasteiger partial charge in [-0.25, -0.2) is 4.98 Å². The molecule has 5 heteroatoms. The van der Waals surface area contributed by atoms with Gasteiger partial charge in [0, 0.05) is 0 Å². The molecular weight excluding hydrogens is 216 g/mol. The van der Waals surface area contributed by atoms with E-state index in [2.05, 4.69) is 4.98 Å². The minimum absolute atomic E-state index is 0.0624. The maximum Gasteiger partial charge on any atom is 0.240 e. The average molecular weight is 232 g/mol. The van der Waals surface area contributed by atoms with Gasteiger partial charge in [-0.3, -0.25) is 9.36 Å². The number of imidazole rings is 1. The van der Waals surface area contributed by atoms with Crippen LogP contribution in [-0.2, 0) is 4.79 Å². The van der Waals surface area contributed by atoms with Crippen LogP contribution in [0.2, 0.25) is 0 Å². The highest BCUT2D eigenvalue weighted by molar-refractivity contribution is 5.84. The van der Waals surface area contributed by atoms with Gasteiger partial charge in [0.05, 0.1) is 11.0 Å². The normalized spacial score (nSPS) is 13.1.